The summed E-state index contributed by atoms with van der Waals surface area (Å²) in [6.45, 7) is 0.209. The Morgan fingerprint density at radius 2 is 2.23 bits per heavy atom. The van der Waals surface area contributed by atoms with Crippen molar-refractivity contribution in [2.24, 2.45) is 4.99 Å². The number of aromatic nitrogens is 2. The Kier molecular flexibility index (Phi) is 4.21. The molecule has 0 spiro atoms. The summed E-state index contributed by atoms with van der Waals surface area (Å²) in [5.41, 5.74) is 2.05. The molecule has 0 radical (unpaired) electrons. The number of aliphatic imine (C=N–C) groups is 1. The Labute approximate surface area is 161 Å². The highest BCUT2D eigenvalue weighted by Gasteiger charge is 2.17. The predicted molar refractivity (Wildman–Crippen MR) is 106 cm³/mol. The summed E-state index contributed by atoms with van der Waals surface area (Å²) in [5.74, 6) is 0.387. The van der Waals surface area contributed by atoms with Gasteiger partial charge in [-0.25, -0.2) is 0 Å². The number of nitrogens with one attached hydrogen (secondary N) is 1. The van der Waals surface area contributed by atoms with E-state index in [1.165, 1.54) is 10.8 Å². The van der Waals surface area contributed by atoms with Crippen LogP contribution in [0.4, 0.5) is 5.69 Å². The molecular weight excluding hydrogens is 418 g/mol. The molecule has 0 aliphatic carbocycles. The van der Waals surface area contributed by atoms with Gasteiger partial charge in [0.1, 0.15) is 11.3 Å². The van der Waals surface area contributed by atoms with Crippen LogP contribution in [0.15, 0.2) is 55.3 Å². The zero-order chi connectivity index (χ0) is 18.3. The lowest BCUT2D eigenvalue weighted by Gasteiger charge is -2.10. The summed E-state index contributed by atoms with van der Waals surface area (Å²) < 4.78 is 7.73. The monoisotopic (exact) mass is 429 g/mol. The number of rotatable bonds is 3. The molecule has 1 aromatic carbocycles. The Bertz CT molecular complexity index is 1170. The molecule has 26 heavy (non-hydrogen) atoms. The number of nitrogens with zero attached hydrogens (tertiary/aromatic N) is 2. The molecule has 0 fully saturated rings. The van der Waals surface area contributed by atoms with Crippen LogP contribution in [0.3, 0.4) is 0 Å². The summed E-state index contributed by atoms with van der Waals surface area (Å²) in [7, 11) is 0. The van der Waals surface area contributed by atoms with Gasteiger partial charge in [-0.15, -0.1) is 0 Å². The highest BCUT2D eigenvalue weighted by atomic mass is 79.9. The highest BCUT2D eigenvalue weighted by Crippen LogP contribution is 2.35. The number of furan rings is 1. The van der Waals surface area contributed by atoms with Crippen LogP contribution in [0, 0.1) is 4.77 Å². The van der Waals surface area contributed by atoms with Crippen LogP contribution in [-0.4, -0.2) is 20.9 Å². The minimum atomic E-state index is -0.465. The SMILES string of the molecule is O=c1[nH]c(=S)n(Cc2ccco2)c(O)c1C=C1C=Nc2ccc(Br)cc21. The normalized spacial score (nSPS) is 14.1. The number of benzene rings is 1. The first-order valence-corrected chi connectivity index (χ1v) is 8.87. The number of aromatic amines is 1. The van der Waals surface area contributed by atoms with Gasteiger partial charge in [0.15, 0.2) is 4.77 Å². The number of H-pyrrole nitrogens is 1. The van der Waals surface area contributed by atoms with Crippen molar-refractivity contribution in [2.75, 3.05) is 0 Å². The van der Waals surface area contributed by atoms with Gasteiger partial charge < -0.3 is 9.52 Å². The van der Waals surface area contributed by atoms with Crippen LogP contribution in [0.1, 0.15) is 16.9 Å². The standard InChI is InChI=1S/C18H12BrN3O3S/c19-11-3-4-15-13(7-11)10(8-20-15)6-14-16(23)21-18(26)22(17(14)24)9-12-2-1-5-25-12/h1-8,24H,9H2,(H,21,23,26). The third-order valence-electron chi connectivity index (χ3n) is 4.01. The number of hydrogen-bond acceptors (Lipinski definition) is 5. The summed E-state index contributed by atoms with van der Waals surface area (Å²) in [4.78, 5) is 19.3. The van der Waals surface area contributed by atoms with E-state index in [-0.39, 0.29) is 22.8 Å². The molecule has 6 nitrogen and oxygen atoms in total. The molecule has 130 valence electrons. The van der Waals surface area contributed by atoms with Crippen LogP contribution in [0.2, 0.25) is 0 Å². The molecule has 3 heterocycles. The lowest BCUT2D eigenvalue weighted by molar-refractivity contribution is 0.396. The molecule has 0 bridgehead atoms. The molecule has 4 rings (SSSR count). The van der Waals surface area contributed by atoms with Crippen LogP contribution < -0.4 is 5.56 Å². The Morgan fingerprint density at radius 1 is 1.38 bits per heavy atom. The Balaban J connectivity index is 1.84. The number of hydrogen-bond donors (Lipinski definition) is 2. The van der Waals surface area contributed by atoms with Crippen LogP contribution in [0.25, 0.3) is 11.6 Å². The van der Waals surface area contributed by atoms with E-state index in [1.807, 2.05) is 18.2 Å². The second-order valence-corrected chi connectivity index (χ2v) is 6.98. The second-order valence-electron chi connectivity index (χ2n) is 5.68. The van der Waals surface area contributed by atoms with E-state index in [1.54, 1.807) is 24.4 Å². The fraction of sp³-hybridized carbons (Fsp3) is 0.0556. The fourth-order valence-electron chi connectivity index (χ4n) is 2.74. The summed E-state index contributed by atoms with van der Waals surface area (Å²) in [6, 6.07) is 9.20. The Morgan fingerprint density at radius 3 is 3.00 bits per heavy atom. The molecule has 1 aliphatic heterocycles. The Hall–Kier alpha value is -2.71. The zero-order valence-corrected chi connectivity index (χ0v) is 15.7. The average molecular weight is 430 g/mol. The summed E-state index contributed by atoms with van der Waals surface area (Å²) >= 11 is 8.61. The predicted octanol–water partition coefficient (Wildman–Crippen LogP) is 4.27. The molecule has 0 atom stereocenters. The van der Waals surface area contributed by atoms with Gasteiger partial charge >= 0.3 is 0 Å². The van der Waals surface area contributed by atoms with E-state index < -0.39 is 5.56 Å². The van der Waals surface area contributed by atoms with Gasteiger partial charge in [-0.1, -0.05) is 15.9 Å². The molecule has 3 aromatic rings. The fourth-order valence-corrected chi connectivity index (χ4v) is 3.35. The van der Waals surface area contributed by atoms with Crippen molar-refractivity contribution in [3.63, 3.8) is 0 Å². The van der Waals surface area contributed by atoms with Gasteiger partial charge in [0, 0.05) is 21.8 Å². The van der Waals surface area contributed by atoms with Crippen molar-refractivity contribution >= 4 is 51.7 Å². The van der Waals surface area contributed by atoms with E-state index in [2.05, 4.69) is 25.9 Å². The third-order valence-corrected chi connectivity index (χ3v) is 4.83. The average Bonchev–Trinajstić information content (AvgIpc) is 3.25. The molecule has 0 saturated carbocycles. The van der Waals surface area contributed by atoms with Crippen molar-refractivity contribution in [1.29, 1.82) is 0 Å². The van der Waals surface area contributed by atoms with Crippen molar-refractivity contribution in [1.82, 2.24) is 9.55 Å². The zero-order valence-electron chi connectivity index (χ0n) is 13.3. The van der Waals surface area contributed by atoms with Gasteiger partial charge in [0.25, 0.3) is 5.56 Å². The van der Waals surface area contributed by atoms with Crippen LogP contribution in [0.5, 0.6) is 5.88 Å². The molecule has 0 amide bonds. The smallest absolute Gasteiger partial charge is 0.262 e. The lowest BCUT2D eigenvalue weighted by atomic mass is 10.1. The lowest BCUT2D eigenvalue weighted by Crippen LogP contribution is -2.17. The van der Waals surface area contributed by atoms with E-state index in [0.717, 1.165) is 21.3 Å². The van der Waals surface area contributed by atoms with E-state index in [9.17, 15) is 9.90 Å². The second kappa shape index (κ2) is 6.54. The first kappa shape index (κ1) is 16.7. The minimum Gasteiger partial charge on any atom is -0.494 e. The topological polar surface area (TPSA) is 83.5 Å². The number of aromatic hydroxyl groups is 1. The van der Waals surface area contributed by atoms with Crippen molar-refractivity contribution in [3.8, 4) is 5.88 Å². The number of halogens is 1. The van der Waals surface area contributed by atoms with Gasteiger partial charge in [-0.05, 0) is 48.6 Å². The van der Waals surface area contributed by atoms with Gasteiger partial charge in [-0.2, -0.15) is 0 Å². The molecule has 2 aromatic heterocycles. The molecule has 2 N–H and O–H groups in total. The molecule has 0 saturated heterocycles. The van der Waals surface area contributed by atoms with Crippen molar-refractivity contribution in [2.45, 2.75) is 6.54 Å². The van der Waals surface area contributed by atoms with Crippen molar-refractivity contribution in [3.05, 3.63) is 73.1 Å². The van der Waals surface area contributed by atoms with E-state index >= 15 is 0 Å². The quantitative estimate of drug-likeness (QED) is 0.608. The maximum absolute atomic E-state index is 12.4. The first-order chi connectivity index (χ1) is 12.5. The first-order valence-electron chi connectivity index (χ1n) is 7.67. The van der Waals surface area contributed by atoms with Gasteiger partial charge in [0.2, 0.25) is 5.88 Å². The third kappa shape index (κ3) is 2.97. The number of allylic oxidation sites excluding steroid dienone is 1. The van der Waals surface area contributed by atoms with Gasteiger partial charge in [-0.3, -0.25) is 19.3 Å². The summed E-state index contributed by atoms with van der Waals surface area (Å²) in [5, 5.41) is 10.6. The minimum absolute atomic E-state index is 0.111. The molecule has 8 heteroatoms. The van der Waals surface area contributed by atoms with E-state index in [0.29, 0.717) is 5.76 Å². The molecular formula is C18H12BrN3O3S. The summed E-state index contributed by atoms with van der Waals surface area (Å²) in [6.07, 6.45) is 4.80. The van der Waals surface area contributed by atoms with Crippen molar-refractivity contribution < 1.29 is 9.52 Å². The van der Waals surface area contributed by atoms with E-state index in [4.69, 9.17) is 16.6 Å². The number of fused-ring (bicyclic) bond motifs is 1. The van der Waals surface area contributed by atoms with Crippen LogP contribution >= 0.6 is 28.1 Å². The highest BCUT2D eigenvalue weighted by molar-refractivity contribution is 9.10. The molecule has 1 aliphatic rings. The molecule has 0 unspecified atom stereocenters. The largest absolute Gasteiger partial charge is 0.494 e. The maximum atomic E-state index is 12.4. The van der Waals surface area contributed by atoms with Gasteiger partial charge in [0.05, 0.1) is 18.5 Å². The maximum Gasteiger partial charge on any atom is 0.262 e. The van der Waals surface area contributed by atoms with Crippen LogP contribution in [-0.2, 0) is 6.54 Å².